The van der Waals surface area contributed by atoms with Crippen LogP contribution in [0.15, 0.2) is 29.9 Å². The van der Waals surface area contributed by atoms with Crippen LogP contribution in [0.4, 0.5) is 0 Å². The van der Waals surface area contributed by atoms with Gasteiger partial charge in [0.25, 0.3) is 0 Å². The third-order valence-electron chi connectivity index (χ3n) is 3.00. The van der Waals surface area contributed by atoms with Crippen LogP contribution in [0.1, 0.15) is 29.3 Å². The topological polar surface area (TPSA) is 35.5 Å². The van der Waals surface area contributed by atoms with Gasteiger partial charge in [-0.3, -0.25) is 4.79 Å². The van der Waals surface area contributed by atoms with Gasteiger partial charge in [-0.05, 0) is 37.1 Å². The zero-order chi connectivity index (χ0) is 13.1. The molecule has 0 aliphatic heterocycles. The number of allylic oxidation sites excluding steroid dienone is 3. The van der Waals surface area contributed by atoms with Gasteiger partial charge in [0, 0.05) is 11.1 Å². The van der Waals surface area contributed by atoms with Gasteiger partial charge in [-0.25, -0.2) is 0 Å². The average Bonchev–Trinajstić information content (AvgIpc) is 2.71. The largest absolute Gasteiger partial charge is 0.493 e. The monoisotopic (exact) mass is 244 g/mol. The van der Waals surface area contributed by atoms with Crippen LogP contribution < -0.4 is 9.47 Å². The molecule has 1 aliphatic rings. The Morgan fingerprint density at radius 1 is 1.17 bits per heavy atom. The van der Waals surface area contributed by atoms with Crippen molar-refractivity contribution in [3.63, 3.8) is 0 Å². The molecule has 1 aliphatic carbocycles. The van der Waals surface area contributed by atoms with E-state index in [2.05, 4.69) is 0 Å². The first-order chi connectivity index (χ1) is 8.71. The van der Waals surface area contributed by atoms with E-state index >= 15 is 0 Å². The molecular weight excluding hydrogens is 228 g/mol. The van der Waals surface area contributed by atoms with E-state index in [1.807, 2.05) is 31.2 Å². The summed E-state index contributed by atoms with van der Waals surface area (Å²) in [5, 5.41) is 0. The smallest absolute Gasteiger partial charge is 0.190 e. The fourth-order valence-electron chi connectivity index (χ4n) is 2.03. The number of fused-ring (bicyclic) bond motifs is 1. The Labute approximate surface area is 107 Å². The lowest BCUT2D eigenvalue weighted by Gasteiger charge is -2.09. The number of hydrogen-bond acceptors (Lipinski definition) is 3. The number of carbonyl (C=O) groups excluding carboxylic acids is 1. The summed E-state index contributed by atoms with van der Waals surface area (Å²) >= 11 is 0. The van der Waals surface area contributed by atoms with Crippen molar-refractivity contribution in [2.45, 2.75) is 13.3 Å². The number of ketones is 1. The van der Waals surface area contributed by atoms with Crippen LogP contribution in [0.25, 0.3) is 6.08 Å². The van der Waals surface area contributed by atoms with Gasteiger partial charge in [0.1, 0.15) is 0 Å². The Hall–Kier alpha value is -2.03. The van der Waals surface area contributed by atoms with Crippen molar-refractivity contribution >= 4 is 11.9 Å². The van der Waals surface area contributed by atoms with Gasteiger partial charge in [0.05, 0.1) is 14.2 Å². The molecule has 1 aromatic rings. The van der Waals surface area contributed by atoms with E-state index in [4.69, 9.17) is 9.47 Å². The summed E-state index contributed by atoms with van der Waals surface area (Å²) < 4.78 is 10.4. The van der Waals surface area contributed by atoms with Gasteiger partial charge in [0.15, 0.2) is 17.3 Å². The molecule has 0 radical (unpaired) electrons. The normalized spacial score (nSPS) is 13.7. The molecule has 0 bridgehead atoms. The molecule has 0 spiro atoms. The minimum Gasteiger partial charge on any atom is -0.493 e. The molecule has 0 atom stereocenters. The van der Waals surface area contributed by atoms with Crippen molar-refractivity contribution < 1.29 is 14.3 Å². The SMILES string of the molecule is CC=CCC1=Cc2cc(OC)c(OC)cc2C1=O. The second kappa shape index (κ2) is 5.08. The summed E-state index contributed by atoms with van der Waals surface area (Å²) in [6, 6.07) is 3.59. The highest BCUT2D eigenvalue weighted by Crippen LogP contribution is 2.36. The number of rotatable bonds is 4. The number of carbonyl (C=O) groups is 1. The molecule has 0 N–H and O–H groups in total. The highest BCUT2D eigenvalue weighted by Gasteiger charge is 2.23. The van der Waals surface area contributed by atoms with Gasteiger partial charge in [-0.2, -0.15) is 0 Å². The number of hydrogen-bond donors (Lipinski definition) is 0. The van der Waals surface area contributed by atoms with Crippen LogP contribution >= 0.6 is 0 Å². The van der Waals surface area contributed by atoms with E-state index in [9.17, 15) is 4.79 Å². The van der Waals surface area contributed by atoms with E-state index < -0.39 is 0 Å². The van der Waals surface area contributed by atoms with Crippen molar-refractivity contribution in [1.82, 2.24) is 0 Å². The maximum Gasteiger partial charge on any atom is 0.190 e. The van der Waals surface area contributed by atoms with Crippen LogP contribution in [0.2, 0.25) is 0 Å². The van der Waals surface area contributed by atoms with E-state index in [0.717, 1.165) is 11.1 Å². The fraction of sp³-hybridized carbons (Fsp3) is 0.267. The van der Waals surface area contributed by atoms with Crippen molar-refractivity contribution in [1.29, 1.82) is 0 Å². The standard InChI is InChI=1S/C15H16O3/c1-4-5-6-10-7-11-8-13(17-2)14(18-3)9-12(11)15(10)16/h4-5,7-9H,6H2,1-3H3. The van der Waals surface area contributed by atoms with Gasteiger partial charge in [-0.1, -0.05) is 12.2 Å². The first kappa shape index (κ1) is 12.4. The van der Waals surface area contributed by atoms with Gasteiger partial charge >= 0.3 is 0 Å². The second-order valence-electron chi connectivity index (χ2n) is 4.07. The summed E-state index contributed by atoms with van der Waals surface area (Å²) in [4.78, 5) is 12.2. The number of ether oxygens (including phenoxy) is 2. The maximum atomic E-state index is 12.2. The van der Waals surface area contributed by atoms with Crippen LogP contribution in [-0.2, 0) is 0 Å². The number of Topliss-reactive ketones (excluding diaryl/α,β-unsaturated/α-hetero) is 1. The average molecular weight is 244 g/mol. The van der Waals surface area contributed by atoms with E-state index in [1.54, 1.807) is 20.3 Å². The second-order valence-corrected chi connectivity index (χ2v) is 4.07. The molecular formula is C15H16O3. The Morgan fingerprint density at radius 2 is 1.83 bits per heavy atom. The molecule has 0 saturated heterocycles. The summed E-state index contributed by atoms with van der Waals surface area (Å²) in [5.74, 6) is 1.31. The van der Waals surface area contributed by atoms with E-state index in [0.29, 0.717) is 23.5 Å². The van der Waals surface area contributed by atoms with Crippen LogP contribution in [0.5, 0.6) is 11.5 Å². The van der Waals surface area contributed by atoms with Gasteiger partial charge in [-0.15, -0.1) is 0 Å². The summed E-state index contributed by atoms with van der Waals surface area (Å²) in [7, 11) is 3.16. The van der Waals surface area contributed by atoms with Crippen molar-refractivity contribution in [2.24, 2.45) is 0 Å². The van der Waals surface area contributed by atoms with E-state index in [1.165, 1.54) is 0 Å². The zero-order valence-corrected chi connectivity index (χ0v) is 10.8. The van der Waals surface area contributed by atoms with Crippen molar-refractivity contribution in [3.05, 3.63) is 41.0 Å². The maximum absolute atomic E-state index is 12.2. The van der Waals surface area contributed by atoms with Crippen LogP contribution in [0, 0.1) is 0 Å². The lowest BCUT2D eigenvalue weighted by atomic mass is 10.1. The Bertz CT molecular complexity index is 539. The number of benzene rings is 1. The molecule has 0 fully saturated rings. The van der Waals surface area contributed by atoms with Crippen LogP contribution in [0.3, 0.4) is 0 Å². The first-order valence-electron chi connectivity index (χ1n) is 5.83. The zero-order valence-electron chi connectivity index (χ0n) is 10.8. The first-order valence-corrected chi connectivity index (χ1v) is 5.83. The lowest BCUT2D eigenvalue weighted by Crippen LogP contribution is -2.00. The quantitative estimate of drug-likeness (QED) is 0.763. The molecule has 0 unspecified atom stereocenters. The molecule has 0 aromatic heterocycles. The molecule has 1 aromatic carbocycles. The molecule has 18 heavy (non-hydrogen) atoms. The summed E-state index contributed by atoms with van der Waals surface area (Å²) in [6.45, 7) is 1.94. The Kier molecular flexibility index (Phi) is 3.51. The van der Waals surface area contributed by atoms with Crippen LogP contribution in [-0.4, -0.2) is 20.0 Å². The molecule has 0 saturated carbocycles. The minimum atomic E-state index is 0.0732. The fourth-order valence-corrected chi connectivity index (χ4v) is 2.03. The molecule has 2 rings (SSSR count). The predicted molar refractivity (Wildman–Crippen MR) is 71.3 cm³/mol. The van der Waals surface area contributed by atoms with Crippen molar-refractivity contribution in [3.8, 4) is 11.5 Å². The third kappa shape index (κ3) is 2.04. The molecule has 94 valence electrons. The predicted octanol–water partition coefficient (Wildman–Crippen LogP) is 3.25. The highest BCUT2D eigenvalue weighted by atomic mass is 16.5. The number of methoxy groups -OCH3 is 2. The summed E-state index contributed by atoms with van der Waals surface area (Å²) in [5.41, 5.74) is 2.39. The van der Waals surface area contributed by atoms with Gasteiger partial charge in [0.2, 0.25) is 0 Å². The minimum absolute atomic E-state index is 0.0732. The van der Waals surface area contributed by atoms with E-state index in [-0.39, 0.29) is 5.78 Å². The Morgan fingerprint density at radius 3 is 2.44 bits per heavy atom. The molecule has 3 heteroatoms. The van der Waals surface area contributed by atoms with Gasteiger partial charge < -0.3 is 9.47 Å². The van der Waals surface area contributed by atoms with Crippen molar-refractivity contribution in [2.75, 3.05) is 14.2 Å². The Balaban J connectivity index is 2.41. The summed E-state index contributed by atoms with van der Waals surface area (Å²) in [6.07, 6.45) is 6.50. The molecule has 0 heterocycles. The highest BCUT2D eigenvalue weighted by molar-refractivity contribution is 6.18. The molecule has 3 nitrogen and oxygen atoms in total. The molecule has 0 amide bonds. The lowest BCUT2D eigenvalue weighted by molar-refractivity contribution is 0.103. The third-order valence-corrected chi connectivity index (χ3v) is 3.00.